The number of hydrogen-bond donors (Lipinski definition) is 2. The van der Waals surface area contributed by atoms with Crippen molar-refractivity contribution in [1.82, 2.24) is 4.90 Å². The minimum Gasteiger partial charge on any atom is -0.495 e. The van der Waals surface area contributed by atoms with E-state index in [1.165, 1.54) is 0 Å². The molecule has 0 atom stereocenters. The minimum atomic E-state index is -0.265. The van der Waals surface area contributed by atoms with E-state index in [1.54, 1.807) is 4.90 Å². The summed E-state index contributed by atoms with van der Waals surface area (Å²) in [7, 11) is 0. The number of likely N-dealkylation sites (tertiary alicyclic amines) is 1. The van der Waals surface area contributed by atoms with Crippen molar-refractivity contribution in [1.29, 1.82) is 0 Å². The number of aliphatic hydroxyl groups excluding tert-OH is 2. The van der Waals surface area contributed by atoms with Crippen molar-refractivity contribution in [3.8, 4) is 0 Å². The van der Waals surface area contributed by atoms with Gasteiger partial charge in [0.25, 0.3) is 0 Å². The van der Waals surface area contributed by atoms with E-state index in [0.29, 0.717) is 13.1 Å². The van der Waals surface area contributed by atoms with E-state index in [1.807, 2.05) is 0 Å². The van der Waals surface area contributed by atoms with Gasteiger partial charge < -0.3 is 15.1 Å². The smallest absolute Gasteiger partial charge is 0.179 e. The molecule has 1 rings (SSSR count). The molecule has 0 aromatic heterocycles. The predicted molar refractivity (Wildman–Crippen MR) is 29.3 cm³/mol. The monoisotopic (exact) mass is 115 g/mol. The first-order valence-electron chi connectivity index (χ1n) is 2.51. The van der Waals surface area contributed by atoms with Crippen molar-refractivity contribution in [3.05, 3.63) is 12.5 Å². The van der Waals surface area contributed by atoms with Crippen molar-refractivity contribution in [2.24, 2.45) is 0 Å². The Bertz CT molecular complexity index is 107. The molecular formula is C5H9NO2. The number of nitrogens with zero attached hydrogens (tertiary/aromatic N) is 1. The zero-order valence-electron chi connectivity index (χ0n) is 4.54. The molecule has 1 heterocycles. The molecule has 0 aliphatic carbocycles. The number of β-amino-alcohol motifs (C(OH)–C–C–N with tert-alkyl or cyclic N) is 1. The molecule has 3 nitrogen and oxygen atoms in total. The summed E-state index contributed by atoms with van der Waals surface area (Å²) >= 11 is 0. The van der Waals surface area contributed by atoms with Crippen molar-refractivity contribution in [2.75, 3.05) is 13.1 Å². The van der Waals surface area contributed by atoms with Crippen molar-refractivity contribution in [2.45, 2.75) is 6.10 Å². The molecule has 0 radical (unpaired) electrons. The Labute approximate surface area is 47.9 Å². The Balaban J connectivity index is 2.25. The van der Waals surface area contributed by atoms with Crippen LogP contribution in [0.1, 0.15) is 0 Å². The van der Waals surface area contributed by atoms with Gasteiger partial charge in [-0.05, 0) is 6.58 Å². The average molecular weight is 115 g/mol. The van der Waals surface area contributed by atoms with Crippen LogP contribution in [0.3, 0.4) is 0 Å². The molecule has 0 unspecified atom stereocenters. The van der Waals surface area contributed by atoms with Crippen LogP contribution in [0.5, 0.6) is 0 Å². The molecule has 1 aliphatic rings. The van der Waals surface area contributed by atoms with E-state index >= 15 is 0 Å². The summed E-state index contributed by atoms with van der Waals surface area (Å²) in [5.41, 5.74) is 0. The fraction of sp³-hybridized carbons (Fsp3) is 0.600. The molecule has 8 heavy (non-hydrogen) atoms. The Kier molecular flexibility index (Phi) is 1.13. The van der Waals surface area contributed by atoms with E-state index in [-0.39, 0.29) is 12.0 Å². The van der Waals surface area contributed by atoms with Crippen LogP contribution in [-0.2, 0) is 0 Å². The summed E-state index contributed by atoms with van der Waals surface area (Å²) < 4.78 is 0. The normalized spacial score (nSPS) is 20.4. The molecule has 1 saturated heterocycles. The molecule has 1 aliphatic heterocycles. The quantitative estimate of drug-likeness (QED) is 0.461. The van der Waals surface area contributed by atoms with Gasteiger partial charge in [0, 0.05) is 13.1 Å². The Morgan fingerprint density at radius 3 is 2.25 bits per heavy atom. The third-order valence-electron chi connectivity index (χ3n) is 1.23. The lowest BCUT2D eigenvalue weighted by Crippen LogP contribution is -2.49. The van der Waals surface area contributed by atoms with Gasteiger partial charge in [-0.2, -0.15) is 0 Å². The van der Waals surface area contributed by atoms with Crippen LogP contribution >= 0.6 is 0 Å². The molecule has 1 fully saturated rings. The van der Waals surface area contributed by atoms with E-state index < -0.39 is 0 Å². The fourth-order valence-electron chi connectivity index (χ4n) is 0.666. The maximum absolute atomic E-state index is 8.67. The van der Waals surface area contributed by atoms with Crippen LogP contribution in [0.2, 0.25) is 0 Å². The largest absolute Gasteiger partial charge is 0.495 e. The van der Waals surface area contributed by atoms with Crippen molar-refractivity contribution < 1.29 is 10.2 Å². The van der Waals surface area contributed by atoms with Gasteiger partial charge in [0.2, 0.25) is 0 Å². The lowest BCUT2D eigenvalue weighted by Gasteiger charge is -2.36. The van der Waals surface area contributed by atoms with Gasteiger partial charge in [0.05, 0.1) is 6.10 Å². The highest BCUT2D eigenvalue weighted by atomic mass is 16.3. The molecule has 0 aromatic carbocycles. The first-order chi connectivity index (χ1) is 3.70. The topological polar surface area (TPSA) is 43.7 Å². The first-order valence-corrected chi connectivity index (χ1v) is 2.51. The molecule has 3 heteroatoms. The Hall–Kier alpha value is -0.700. The molecule has 0 bridgehead atoms. The number of hydrogen-bond acceptors (Lipinski definition) is 3. The third-order valence-corrected chi connectivity index (χ3v) is 1.23. The minimum absolute atomic E-state index is 0.0512. The standard InChI is InChI=1S/C5H9NO2/c1-4(7)6-2-5(8)3-6/h5,7-8H,1-3H2. The molecule has 0 spiro atoms. The van der Waals surface area contributed by atoms with Crippen LogP contribution in [0.25, 0.3) is 0 Å². The maximum Gasteiger partial charge on any atom is 0.179 e. The van der Waals surface area contributed by atoms with Gasteiger partial charge in [-0.25, -0.2) is 0 Å². The van der Waals surface area contributed by atoms with Gasteiger partial charge in [0.1, 0.15) is 0 Å². The zero-order valence-corrected chi connectivity index (χ0v) is 4.54. The fourth-order valence-corrected chi connectivity index (χ4v) is 0.666. The second-order valence-corrected chi connectivity index (χ2v) is 1.98. The predicted octanol–water partition coefficient (Wildman–Crippen LogP) is -0.308. The second-order valence-electron chi connectivity index (χ2n) is 1.98. The lowest BCUT2D eigenvalue weighted by atomic mass is 10.2. The van der Waals surface area contributed by atoms with Gasteiger partial charge >= 0.3 is 0 Å². The number of aliphatic hydroxyl groups is 2. The highest BCUT2D eigenvalue weighted by Crippen LogP contribution is 2.10. The van der Waals surface area contributed by atoms with Crippen LogP contribution in [0, 0.1) is 0 Å². The first kappa shape index (κ1) is 5.44. The SMILES string of the molecule is C=C(O)N1CC(O)C1. The van der Waals surface area contributed by atoms with Gasteiger partial charge in [-0.3, -0.25) is 0 Å². The van der Waals surface area contributed by atoms with Gasteiger partial charge in [-0.1, -0.05) is 0 Å². The van der Waals surface area contributed by atoms with Gasteiger partial charge in [-0.15, -0.1) is 0 Å². The van der Waals surface area contributed by atoms with Crippen LogP contribution in [-0.4, -0.2) is 34.3 Å². The molecule has 2 N–H and O–H groups in total. The van der Waals surface area contributed by atoms with Gasteiger partial charge in [0.15, 0.2) is 5.88 Å². The average Bonchev–Trinajstić information content (AvgIpc) is 1.57. The third kappa shape index (κ3) is 0.767. The summed E-state index contributed by atoms with van der Waals surface area (Å²) in [6, 6.07) is 0. The summed E-state index contributed by atoms with van der Waals surface area (Å²) in [5, 5.41) is 17.3. The molecule has 0 amide bonds. The Morgan fingerprint density at radius 1 is 1.62 bits per heavy atom. The Morgan fingerprint density at radius 2 is 2.12 bits per heavy atom. The molecular weight excluding hydrogens is 106 g/mol. The summed E-state index contributed by atoms with van der Waals surface area (Å²) in [5.74, 6) is 0.0512. The second kappa shape index (κ2) is 1.67. The van der Waals surface area contributed by atoms with E-state index in [0.717, 1.165) is 0 Å². The lowest BCUT2D eigenvalue weighted by molar-refractivity contribution is -0.00312. The van der Waals surface area contributed by atoms with Crippen molar-refractivity contribution >= 4 is 0 Å². The van der Waals surface area contributed by atoms with Crippen molar-refractivity contribution in [3.63, 3.8) is 0 Å². The highest BCUT2D eigenvalue weighted by Gasteiger charge is 2.24. The van der Waals surface area contributed by atoms with E-state index in [9.17, 15) is 0 Å². The highest BCUT2D eigenvalue weighted by molar-refractivity contribution is 4.91. The summed E-state index contributed by atoms with van der Waals surface area (Å²) in [4.78, 5) is 1.60. The summed E-state index contributed by atoms with van der Waals surface area (Å²) in [6.07, 6.45) is -0.265. The summed E-state index contributed by atoms with van der Waals surface area (Å²) in [6.45, 7) is 4.33. The van der Waals surface area contributed by atoms with E-state index in [2.05, 4.69) is 6.58 Å². The van der Waals surface area contributed by atoms with Crippen LogP contribution < -0.4 is 0 Å². The van der Waals surface area contributed by atoms with Crippen LogP contribution in [0.4, 0.5) is 0 Å². The maximum atomic E-state index is 8.67. The molecule has 0 saturated carbocycles. The van der Waals surface area contributed by atoms with Crippen LogP contribution in [0.15, 0.2) is 12.5 Å². The zero-order chi connectivity index (χ0) is 6.15. The van der Waals surface area contributed by atoms with E-state index in [4.69, 9.17) is 10.2 Å². The molecule has 0 aromatic rings. The number of rotatable bonds is 1. The molecule has 46 valence electrons.